The average molecular weight is 510 g/mol. The topological polar surface area (TPSA) is 46.9 Å². The number of halogens is 1. The first-order chi connectivity index (χ1) is 16.7. The van der Waals surface area contributed by atoms with Crippen molar-refractivity contribution in [2.24, 2.45) is 0 Å². The van der Waals surface area contributed by atoms with Crippen LogP contribution in [0.2, 0.25) is 0 Å². The lowest BCUT2D eigenvalue weighted by molar-refractivity contribution is -0.120. The Morgan fingerprint density at radius 3 is 2.32 bits per heavy atom. The molecule has 0 spiro atoms. The molecule has 1 N–H and O–H groups in total. The number of amides is 1. The fourth-order valence-electron chi connectivity index (χ4n) is 4.13. The van der Waals surface area contributed by atoms with Crippen LogP contribution in [-0.2, 0) is 24.3 Å². The molecule has 0 aliphatic rings. The van der Waals surface area contributed by atoms with Crippen molar-refractivity contribution in [3.63, 3.8) is 0 Å². The van der Waals surface area contributed by atoms with Gasteiger partial charge in [-0.1, -0.05) is 94.8 Å². The molecule has 1 amide bonds. The molecule has 0 aliphatic heterocycles. The standard InChI is InChI=1S/C29H24BrN3O/c30-25-10-6-7-22(17-25)20-33-27-12-5-4-11-26(27)32-28(33)19-31-29(34)18-21-13-15-24(16-14-21)23-8-2-1-3-9-23/h1-17H,18-20H2,(H,31,34). The van der Waals surface area contributed by atoms with E-state index < -0.39 is 0 Å². The van der Waals surface area contributed by atoms with Gasteiger partial charge in [-0.25, -0.2) is 4.98 Å². The molecule has 0 saturated heterocycles. The Labute approximate surface area is 207 Å². The minimum absolute atomic E-state index is 0.0199. The molecule has 0 aliphatic carbocycles. The summed E-state index contributed by atoms with van der Waals surface area (Å²) in [6, 6.07) is 34.7. The maximum absolute atomic E-state index is 12.7. The summed E-state index contributed by atoms with van der Waals surface area (Å²) >= 11 is 3.55. The highest BCUT2D eigenvalue weighted by Gasteiger charge is 2.13. The predicted molar refractivity (Wildman–Crippen MR) is 140 cm³/mol. The van der Waals surface area contributed by atoms with Crippen molar-refractivity contribution in [3.8, 4) is 11.1 Å². The van der Waals surface area contributed by atoms with Crippen molar-refractivity contribution >= 4 is 32.9 Å². The van der Waals surface area contributed by atoms with Gasteiger partial charge in [0.1, 0.15) is 5.82 Å². The summed E-state index contributed by atoms with van der Waals surface area (Å²) in [6.07, 6.45) is 0.334. The van der Waals surface area contributed by atoms with E-state index in [1.807, 2.05) is 60.7 Å². The van der Waals surface area contributed by atoms with E-state index in [0.29, 0.717) is 19.5 Å². The van der Waals surface area contributed by atoms with Gasteiger partial charge in [0.05, 0.1) is 24.0 Å². The number of hydrogen-bond acceptors (Lipinski definition) is 2. The fraction of sp³-hybridized carbons (Fsp3) is 0.103. The summed E-state index contributed by atoms with van der Waals surface area (Å²) in [7, 11) is 0. The molecule has 5 rings (SSSR count). The average Bonchev–Trinajstić information content (AvgIpc) is 3.21. The lowest BCUT2D eigenvalue weighted by Crippen LogP contribution is -2.26. The number of hydrogen-bond donors (Lipinski definition) is 1. The first-order valence-electron chi connectivity index (χ1n) is 11.3. The van der Waals surface area contributed by atoms with Crippen LogP contribution in [0.25, 0.3) is 22.2 Å². The van der Waals surface area contributed by atoms with Crippen molar-refractivity contribution in [3.05, 3.63) is 125 Å². The zero-order chi connectivity index (χ0) is 23.3. The van der Waals surface area contributed by atoms with Gasteiger partial charge in [-0.2, -0.15) is 0 Å². The van der Waals surface area contributed by atoms with E-state index in [9.17, 15) is 4.79 Å². The first-order valence-corrected chi connectivity index (χ1v) is 12.0. The Morgan fingerprint density at radius 2 is 1.53 bits per heavy atom. The van der Waals surface area contributed by atoms with Gasteiger partial charge < -0.3 is 9.88 Å². The number of nitrogens with one attached hydrogen (secondary N) is 1. The van der Waals surface area contributed by atoms with Gasteiger partial charge in [0, 0.05) is 11.0 Å². The second-order valence-electron chi connectivity index (χ2n) is 8.25. The normalized spacial score (nSPS) is 11.0. The molecule has 4 aromatic carbocycles. The number of para-hydroxylation sites is 2. The minimum atomic E-state index is -0.0199. The molecule has 34 heavy (non-hydrogen) atoms. The summed E-state index contributed by atoms with van der Waals surface area (Å²) in [6.45, 7) is 1.07. The zero-order valence-corrected chi connectivity index (χ0v) is 20.2. The minimum Gasteiger partial charge on any atom is -0.349 e. The van der Waals surface area contributed by atoms with Crippen molar-refractivity contribution in [1.29, 1.82) is 0 Å². The number of benzene rings is 4. The van der Waals surface area contributed by atoms with E-state index in [0.717, 1.165) is 32.5 Å². The molecule has 0 fully saturated rings. The maximum atomic E-state index is 12.7. The van der Waals surface area contributed by atoms with Gasteiger partial charge in [0.2, 0.25) is 5.91 Å². The molecular weight excluding hydrogens is 486 g/mol. The van der Waals surface area contributed by atoms with Gasteiger partial charge in [-0.3, -0.25) is 4.79 Å². The summed E-state index contributed by atoms with van der Waals surface area (Å²) in [5.74, 6) is 0.822. The first kappa shape index (κ1) is 22.1. The van der Waals surface area contributed by atoms with E-state index >= 15 is 0 Å². The van der Waals surface area contributed by atoms with Crippen LogP contribution >= 0.6 is 15.9 Å². The van der Waals surface area contributed by atoms with Crippen LogP contribution in [0.5, 0.6) is 0 Å². The van der Waals surface area contributed by atoms with Gasteiger partial charge in [0.15, 0.2) is 0 Å². The number of rotatable bonds is 7. The largest absolute Gasteiger partial charge is 0.349 e. The third kappa shape index (κ3) is 5.10. The molecular formula is C29H24BrN3O. The van der Waals surface area contributed by atoms with Crippen LogP contribution in [0.3, 0.4) is 0 Å². The van der Waals surface area contributed by atoms with Crippen molar-refractivity contribution in [2.45, 2.75) is 19.5 Å². The Hall–Kier alpha value is -3.70. The highest BCUT2D eigenvalue weighted by molar-refractivity contribution is 9.10. The molecule has 1 heterocycles. The van der Waals surface area contributed by atoms with Crippen LogP contribution in [0.15, 0.2) is 108 Å². The van der Waals surface area contributed by atoms with E-state index in [1.165, 1.54) is 11.1 Å². The van der Waals surface area contributed by atoms with Crippen LogP contribution < -0.4 is 5.32 Å². The molecule has 168 valence electrons. The molecule has 5 aromatic rings. The van der Waals surface area contributed by atoms with Crippen molar-refractivity contribution in [1.82, 2.24) is 14.9 Å². The Morgan fingerprint density at radius 1 is 0.794 bits per heavy atom. The quantitative estimate of drug-likeness (QED) is 0.277. The summed E-state index contributed by atoms with van der Waals surface area (Å²) in [5, 5.41) is 3.06. The Bertz CT molecular complexity index is 1430. The Balaban J connectivity index is 1.28. The van der Waals surface area contributed by atoms with Crippen LogP contribution in [0, 0.1) is 0 Å². The lowest BCUT2D eigenvalue weighted by Gasteiger charge is -2.11. The number of carbonyl (C=O) groups excluding carboxylic acids is 1. The van der Waals surface area contributed by atoms with Crippen molar-refractivity contribution in [2.75, 3.05) is 0 Å². The van der Waals surface area contributed by atoms with E-state index in [1.54, 1.807) is 0 Å². The van der Waals surface area contributed by atoms with Crippen molar-refractivity contribution < 1.29 is 4.79 Å². The number of imidazole rings is 1. The number of nitrogens with zero attached hydrogens (tertiary/aromatic N) is 2. The monoisotopic (exact) mass is 509 g/mol. The third-order valence-corrected chi connectivity index (χ3v) is 6.33. The lowest BCUT2D eigenvalue weighted by atomic mass is 10.0. The third-order valence-electron chi connectivity index (χ3n) is 5.83. The molecule has 0 saturated carbocycles. The van der Waals surface area contributed by atoms with Gasteiger partial charge in [0.25, 0.3) is 0 Å². The summed E-state index contributed by atoms with van der Waals surface area (Å²) in [4.78, 5) is 17.5. The van der Waals surface area contributed by atoms with Crippen LogP contribution in [0.4, 0.5) is 0 Å². The highest BCUT2D eigenvalue weighted by atomic mass is 79.9. The van der Waals surface area contributed by atoms with Gasteiger partial charge in [-0.15, -0.1) is 0 Å². The maximum Gasteiger partial charge on any atom is 0.224 e. The molecule has 0 bridgehead atoms. The molecule has 0 unspecified atom stereocenters. The Kier molecular flexibility index (Phi) is 6.54. The molecule has 0 radical (unpaired) electrons. The highest BCUT2D eigenvalue weighted by Crippen LogP contribution is 2.21. The summed E-state index contributed by atoms with van der Waals surface area (Å²) < 4.78 is 3.22. The van der Waals surface area contributed by atoms with Gasteiger partial charge >= 0.3 is 0 Å². The van der Waals surface area contributed by atoms with Crippen LogP contribution in [0.1, 0.15) is 17.0 Å². The number of aromatic nitrogens is 2. The predicted octanol–water partition coefficient (Wildman–Crippen LogP) is 6.37. The van der Waals surface area contributed by atoms with E-state index in [-0.39, 0.29) is 5.91 Å². The molecule has 5 heteroatoms. The number of carbonyl (C=O) groups is 1. The molecule has 4 nitrogen and oxygen atoms in total. The van der Waals surface area contributed by atoms with E-state index in [2.05, 4.69) is 68.3 Å². The van der Waals surface area contributed by atoms with E-state index in [4.69, 9.17) is 4.98 Å². The van der Waals surface area contributed by atoms with Crippen LogP contribution in [-0.4, -0.2) is 15.5 Å². The van der Waals surface area contributed by atoms with Gasteiger partial charge in [-0.05, 0) is 46.5 Å². The summed E-state index contributed by atoms with van der Waals surface area (Å²) in [5.41, 5.74) is 6.46. The zero-order valence-electron chi connectivity index (χ0n) is 18.6. The smallest absolute Gasteiger partial charge is 0.224 e. The molecule has 0 atom stereocenters. The number of fused-ring (bicyclic) bond motifs is 1. The second-order valence-corrected chi connectivity index (χ2v) is 9.16. The second kappa shape index (κ2) is 10.1. The SMILES string of the molecule is O=C(Cc1ccc(-c2ccccc2)cc1)NCc1nc2ccccc2n1Cc1cccc(Br)c1. The fourth-order valence-corrected chi connectivity index (χ4v) is 4.57. The molecule has 1 aromatic heterocycles.